The Hall–Kier alpha value is -3.54. The Labute approximate surface area is 193 Å². The van der Waals surface area contributed by atoms with Crippen LogP contribution in [0.4, 0.5) is 8.78 Å². The van der Waals surface area contributed by atoms with E-state index in [1.165, 1.54) is 29.2 Å². The molecule has 1 atom stereocenters. The monoisotopic (exact) mass is 450 g/mol. The second-order valence-corrected chi connectivity index (χ2v) is 7.95. The van der Waals surface area contributed by atoms with Crippen LogP contribution in [0.3, 0.4) is 0 Å². The molecule has 0 fully saturated rings. The number of nitrogens with one attached hydrogen (secondary N) is 1. The Kier molecular flexibility index (Phi) is 8.70. The van der Waals surface area contributed by atoms with E-state index in [1.54, 1.807) is 24.3 Å². The van der Waals surface area contributed by atoms with Crippen LogP contribution in [0.1, 0.15) is 30.0 Å². The zero-order chi connectivity index (χ0) is 23.6. The minimum absolute atomic E-state index is 0.0216. The van der Waals surface area contributed by atoms with Gasteiger partial charge in [0.25, 0.3) is 0 Å². The van der Waals surface area contributed by atoms with E-state index in [2.05, 4.69) is 5.32 Å². The van der Waals surface area contributed by atoms with Crippen molar-refractivity contribution in [3.05, 3.63) is 107 Å². The molecule has 172 valence electrons. The Balaban J connectivity index is 1.93. The molecule has 1 unspecified atom stereocenters. The van der Waals surface area contributed by atoms with E-state index in [0.717, 1.165) is 12.0 Å². The van der Waals surface area contributed by atoms with E-state index >= 15 is 0 Å². The molecule has 4 nitrogen and oxygen atoms in total. The second-order valence-electron chi connectivity index (χ2n) is 7.95. The van der Waals surface area contributed by atoms with Crippen molar-refractivity contribution >= 4 is 11.8 Å². The van der Waals surface area contributed by atoms with Crippen LogP contribution in [0.5, 0.6) is 0 Å². The number of carbonyl (C=O) groups excluding carboxylic acids is 2. The number of amides is 2. The number of carbonyl (C=O) groups is 2. The smallest absolute Gasteiger partial charge is 0.243 e. The van der Waals surface area contributed by atoms with Crippen molar-refractivity contribution in [1.82, 2.24) is 10.2 Å². The average Bonchev–Trinajstić information content (AvgIpc) is 2.83. The maximum Gasteiger partial charge on any atom is 0.243 e. The van der Waals surface area contributed by atoms with Gasteiger partial charge in [-0.3, -0.25) is 9.59 Å². The van der Waals surface area contributed by atoms with Crippen molar-refractivity contribution < 1.29 is 18.4 Å². The fraction of sp³-hybridized carbons (Fsp3) is 0.259. The predicted molar refractivity (Wildman–Crippen MR) is 124 cm³/mol. The first-order valence-corrected chi connectivity index (χ1v) is 11.1. The van der Waals surface area contributed by atoms with Crippen molar-refractivity contribution in [1.29, 1.82) is 0 Å². The van der Waals surface area contributed by atoms with Crippen molar-refractivity contribution in [2.75, 3.05) is 6.54 Å². The highest BCUT2D eigenvalue weighted by atomic mass is 19.1. The first-order valence-electron chi connectivity index (χ1n) is 11.1. The lowest BCUT2D eigenvalue weighted by Gasteiger charge is -2.31. The number of halogens is 2. The molecule has 3 aromatic rings. The third-order valence-electron chi connectivity index (χ3n) is 5.36. The summed E-state index contributed by atoms with van der Waals surface area (Å²) in [6, 6.07) is 20.4. The van der Waals surface area contributed by atoms with Gasteiger partial charge in [0, 0.05) is 19.5 Å². The second kappa shape index (κ2) is 11.9. The van der Waals surface area contributed by atoms with Crippen molar-refractivity contribution in [3.63, 3.8) is 0 Å². The molecule has 0 aliphatic carbocycles. The number of benzene rings is 3. The maximum atomic E-state index is 13.5. The van der Waals surface area contributed by atoms with Crippen LogP contribution in [0.15, 0.2) is 78.9 Å². The fourth-order valence-corrected chi connectivity index (χ4v) is 3.58. The molecule has 0 saturated carbocycles. The SMILES string of the molecule is CCCNC(=O)C(Cc1ccccc1)N(Cc1ccc(F)cc1)C(=O)Cc1ccc(F)cc1. The molecule has 0 aromatic heterocycles. The van der Waals surface area contributed by atoms with E-state index in [0.29, 0.717) is 24.1 Å². The normalized spacial score (nSPS) is 11.6. The standard InChI is InChI=1S/C27H28F2N2O2/c1-2-16-30-27(33)25(17-20-6-4-3-5-7-20)31(19-22-10-14-24(29)15-11-22)26(32)18-21-8-12-23(28)13-9-21/h3-15,25H,2,16-19H2,1H3,(H,30,33). The summed E-state index contributed by atoms with van der Waals surface area (Å²) < 4.78 is 26.8. The van der Waals surface area contributed by atoms with Crippen LogP contribution in [0.25, 0.3) is 0 Å². The van der Waals surface area contributed by atoms with Gasteiger partial charge in [0.05, 0.1) is 6.42 Å². The number of rotatable bonds is 10. The van der Waals surface area contributed by atoms with E-state index < -0.39 is 6.04 Å². The summed E-state index contributed by atoms with van der Waals surface area (Å²) in [7, 11) is 0. The lowest BCUT2D eigenvalue weighted by molar-refractivity contribution is -0.140. The van der Waals surface area contributed by atoms with Crippen molar-refractivity contribution in [2.45, 2.75) is 38.8 Å². The summed E-state index contributed by atoms with van der Waals surface area (Å²) in [6.45, 7) is 2.61. The zero-order valence-corrected chi connectivity index (χ0v) is 18.6. The van der Waals surface area contributed by atoms with Gasteiger partial charge in [-0.15, -0.1) is 0 Å². The lowest BCUT2D eigenvalue weighted by Crippen LogP contribution is -2.51. The van der Waals surface area contributed by atoms with Crippen LogP contribution in [0, 0.1) is 11.6 Å². The Bertz CT molecular complexity index is 1040. The molecule has 3 aromatic carbocycles. The van der Waals surface area contributed by atoms with Gasteiger partial charge in [-0.1, -0.05) is 61.5 Å². The summed E-state index contributed by atoms with van der Waals surface area (Å²) in [5, 5.41) is 2.91. The van der Waals surface area contributed by atoms with Crippen LogP contribution in [0.2, 0.25) is 0 Å². The summed E-state index contributed by atoms with van der Waals surface area (Å²) >= 11 is 0. The highest BCUT2D eigenvalue weighted by molar-refractivity contribution is 5.88. The minimum Gasteiger partial charge on any atom is -0.354 e. The van der Waals surface area contributed by atoms with Crippen molar-refractivity contribution in [3.8, 4) is 0 Å². The number of nitrogens with zero attached hydrogens (tertiary/aromatic N) is 1. The average molecular weight is 451 g/mol. The van der Waals surface area contributed by atoms with Crippen LogP contribution >= 0.6 is 0 Å². The van der Waals surface area contributed by atoms with E-state index in [4.69, 9.17) is 0 Å². The van der Waals surface area contributed by atoms with Gasteiger partial charge < -0.3 is 10.2 Å². The molecule has 0 saturated heterocycles. The topological polar surface area (TPSA) is 49.4 Å². The van der Waals surface area contributed by atoms with E-state index in [9.17, 15) is 18.4 Å². The van der Waals surface area contributed by atoms with Gasteiger partial charge in [0.2, 0.25) is 11.8 Å². The molecular formula is C27H28F2N2O2. The molecule has 0 aliphatic rings. The minimum atomic E-state index is -0.753. The van der Waals surface area contributed by atoms with Crippen LogP contribution in [-0.4, -0.2) is 29.3 Å². The van der Waals surface area contributed by atoms with E-state index in [1.807, 2.05) is 37.3 Å². The lowest BCUT2D eigenvalue weighted by atomic mass is 10.0. The zero-order valence-electron chi connectivity index (χ0n) is 18.6. The molecule has 3 rings (SSSR count). The van der Waals surface area contributed by atoms with Gasteiger partial charge in [-0.05, 0) is 47.4 Å². The molecule has 2 amide bonds. The first kappa shape index (κ1) is 24.1. The summed E-state index contributed by atoms with van der Waals surface area (Å²) in [6.07, 6.45) is 1.13. The molecule has 33 heavy (non-hydrogen) atoms. The van der Waals surface area contributed by atoms with Gasteiger partial charge in [-0.2, -0.15) is 0 Å². The molecule has 0 heterocycles. The summed E-state index contributed by atoms with van der Waals surface area (Å²) in [5.41, 5.74) is 2.29. The third kappa shape index (κ3) is 7.24. The van der Waals surface area contributed by atoms with E-state index in [-0.39, 0.29) is 36.4 Å². The molecule has 1 N–H and O–H groups in total. The molecule has 0 aliphatic heterocycles. The molecule has 0 radical (unpaired) electrons. The van der Waals surface area contributed by atoms with Crippen LogP contribution in [-0.2, 0) is 29.0 Å². The molecule has 0 spiro atoms. The quantitative estimate of drug-likeness (QED) is 0.488. The van der Waals surface area contributed by atoms with Gasteiger partial charge in [-0.25, -0.2) is 8.78 Å². The summed E-state index contributed by atoms with van der Waals surface area (Å²) in [5.74, 6) is -1.26. The highest BCUT2D eigenvalue weighted by Crippen LogP contribution is 2.17. The maximum absolute atomic E-state index is 13.5. The number of hydrogen-bond donors (Lipinski definition) is 1. The Morgan fingerprint density at radius 1 is 0.818 bits per heavy atom. The van der Waals surface area contributed by atoms with Gasteiger partial charge in [0.1, 0.15) is 17.7 Å². The fourth-order valence-electron chi connectivity index (χ4n) is 3.58. The summed E-state index contributed by atoms with van der Waals surface area (Å²) in [4.78, 5) is 28.2. The largest absolute Gasteiger partial charge is 0.354 e. The predicted octanol–water partition coefficient (Wildman–Crippen LogP) is 4.67. The highest BCUT2D eigenvalue weighted by Gasteiger charge is 2.30. The first-order chi connectivity index (χ1) is 16.0. The Morgan fingerprint density at radius 2 is 1.39 bits per heavy atom. The molecule has 6 heteroatoms. The third-order valence-corrected chi connectivity index (χ3v) is 5.36. The molecular weight excluding hydrogens is 422 g/mol. The van der Waals surface area contributed by atoms with Gasteiger partial charge in [0.15, 0.2) is 0 Å². The number of hydrogen-bond acceptors (Lipinski definition) is 2. The van der Waals surface area contributed by atoms with Crippen LogP contribution < -0.4 is 5.32 Å². The van der Waals surface area contributed by atoms with Gasteiger partial charge >= 0.3 is 0 Å². The Morgan fingerprint density at radius 3 is 1.97 bits per heavy atom. The van der Waals surface area contributed by atoms with Crippen molar-refractivity contribution in [2.24, 2.45) is 0 Å². The molecule has 0 bridgehead atoms.